The molecule has 2 rings (SSSR count). The zero-order chi connectivity index (χ0) is 11.5. The van der Waals surface area contributed by atoms with E-state index in [0.717, 1.165) is 16.9 Å². The van der Waals surface area contributed by atoms with Crippen molar-refractivity contribution >= 4 is 12.2 Å². The van der Waals surface area contributed by atoms with Crippen molar-refractivity contribution in [3.05, 3.63) is 41.0 Å². The number of hydrogen-bond donors (Lipinski definition) is 1. The second-order valence-electron chi connectivity index (χ2n) is 4.38. The van der Waals surface area contributed by atoms with E-state index in [1.807, 2.05) is 28.9 Å². The summed E-state index contributed by atoms with van der Waals surface area (Å²) in [7, 11) is 0. The molecule has 0 aliphatic rings. The van der Waals surface area contributed by atoms with Gasteiger partial charge in [-0.15, -0.1) is 0 Å². The second kappa shape index (κ2) is 4.66. The van der Waals surface area contributed by atoms with E-state index >= 15 is 0 Å². The Bertz CT molecular complexity index is 508. The molecule has 84 valence electrons. The maximum Gasteiger partial charge on any atom is 0.122 e. The van der Waals surface area contributed by atoms with Gasteiger partial charge in [0.25, 0.3) is 0 Å². The van der Waals surface area contributed by atoms with Gasteiger partial charge in [0.2, 0.25) is 0 Å². The Morgan fingerprint density at radius 1 is 1.25 bits per heavy atom. The largest absolute Gasteiger partial charge is 0.297 e. The number of rotatable bonds is 3. The molecule has 0 unspecified atom stereocenters. The quantitative estimate of drug-likeness (QED) is 0.797. The van der Waals surface area contributed by atoms with E-state index in [0.29, 0.717) is 5.92 Å². The van der Waals surface area contributed by atoms with Crippen LogP contribution >= 0.6 is 12.2 Å². The number of nitrogens with zero attached hydrogens (tertiary/aromatic N) is 1. The topological polar surface area (TPSA) is 20.7 Å². The van der Waals surface area contributed by atoms with E-state index in [2.05, 4.69) is 31.1 Å². The molecule has 3 heteroatoms. The summed E-state index contributed by atoms with van der Waals surface area (Å²) in [5.41, 5.74) is 2.27. The Morgan fingerprint density at radius 2 is 1.94 bits per heavy atom. The number of benzene rings is 1. The van der Waals surface area contributed by atoms with E-state index in [9.17, 15) is 0 Å². The molecule has 0 atom stereocenters. The minimum absolute atomic E-state index is 0.592. The van der Waals surface area contributed by atoms with Gasteiger partial charge in [-0.1, -0.05) is 56.4 Å². The molecular formula is C13H16N2S. The molecule has 0 amide bonds. The predicted octanol–water partition coefficient (Wildman–Crippen LogP) is 3.87. The maximum absolute atomic E-state index is 5.32. The fourth-order valence-electron chi connectivity index (χ4n) is 1.70. The molecule has 0 radical (unpaired) electrons. The molecule has 1 heterocycles. The van der Waals surface area contributed by atoms with Crippen LogP contribution < -0.4 is 0 Å². The van der Waals surface area contributed by atoms with Gasteiger partial charge in [-0.25, -0.2) is 0 Å². The Morgan fingerprint density at radius 3 is 2.56 bits per heavy atom. The lowest BCUT2D eigenvalue weighted by atomic mass is 10.2. The molecule has 1 N–H and O–H groups in total. The van der Waals surface area contributed by atoms with Gasteiger partial charge in [-0.3, -0.25) is 9.78 Å². The van der Waals surface area contributed by atoms with Crippen LogP contribution in [0.15, 0.2) is 36.4 Å². The van der Waals surface area contributed by atoms with Crippen molar-refractivity contribution in [2.75, 3.05) is 0 Å². The Balaban J connectivity index is 2.35. The standard InChI is InChI=1S/C13H16N2S/c1-10(2)9-15-13(16)8-12(14-15)11-6-4-3-5-7-11/h3-8,10,14H,9H2,1-2H3. The van der Waals surface area contributed by atoms with Crippen LogP contribution in [-0.4, -0.2) is 9.78 Å². The fourth-order valence-corrected chi connectivity index (χ4v) is 1.94. The highest BCUT2D eigenvalue weighted by molar-refractivity contribution is 7.71. The summed E-state index contributed by atoms with van der Waals surface area (Å²) in [5, 5.41) is 3.34. The van der Waals surface area contributed by atoms with E-state index in [1.54, 1.807) is 0 Å². The van der Waals surface area contributed by atoms with Gasteiger partial charge in [-0.2, -0.15) is 0 Å². The molecule has 1 aromatic heterocycles. The maximum atomic E-state index is 5.32. The van der Waals surface area contributed by atoms with E-state index in [-0.39, 0.29) is 0 Å². The minimum Gasteiger partial charge on any atom is -0.297 e. The van der Waals surface area contributed by atoms with Crippen molar-refractivity contribution in [3.8, 4) is 11.3 Å². The van der Waals surface area contributed by atoms with E-state index in [4.69, 9.17) is 12.2 Å². The van der Waals surface area contributed by atoms with Crippen molar-refractivity contribution < 1.29 is 0 Å². The molecule has 2 nitrogen and oxygen atoms in total. The molecule has 16 heavy (non-hydrogen) atoms. The molecule has 0 bridgehead atoms. The van der Waals surface area contributed by atoms with Crippen molar-refractivity contribution in [1.82, 2.24) is 9.78 Å². The van der Waals surface area contributed by atoms with Crippen LogP contribution in [0, 0.1) is 10.6 Å². The average Bonchev–Trinajstić information content (AvgIpc) is 2.61. The lowest BCUT2D eigenvalue weighted by Crippen LogP contribution is -2.05. The molecule has 2 aromatic rings. The van der Waals surface area contributed by atoms with Crippen LogP contribution in [0.25, 0.3) is 11.3 Å². The molecule has 0 aliphatic carbocycles. The minimum atomic E-state index is 0.592. The fraction of sp³-hybridized carbons (Fsp3) is 0.308. The summed E-state index contributed by atoms with van der Waals surface area (Å²) < 4.78 is 2.90. The SMILES string of the molecule is CC(C)Cn1[nH]c(-c2ccccc2)cc1=S. The monoisotopic (exact) mass is 232 g/mol. The number of aromatic amines is 1. The Hall–Kier alpha value is -1.35. The van der Waals surface area contributed by atoms with Gasteiger partial charge in [0.05, 0.1) is 5.69 Å². The first-order valence-electron chi connectivity index (χ1n) is 5.52. The third-order valence-electron chi connectivity index (χ3n) is 2.42. The summed E-state index contributed by atoms with van der Waals surface area (Å²) in [4.78, 5) is 0. The van der Waals surface area contributed by atoms with Crippen molar-refractivity contribution in [2.24, 2.45) is 5.92 Å². The highest BCUT2D eigenvalue weighted by atomic mass is 32.1. The van der Waals surface area contributed by atoms with Crippen LogP contribution in [0.3, 0.4) is 0 Å². The smallest absolute Gasteiger partial charge is 0.122 e. The second-order valence-corrected chi connectivity index (χ2v) is 4.80. The average molecular weight is 232 g/mol. The molecule has 1 aromatic carbocycles. The predicted molar refractivity (Wildman–Crippen MR) is 69.9 cm³/mol. The molecule has 0 saturated carbocycles. The van der Waals surface area contributed by atoms with E-state index in [1.165, 1.54) is 5.56 Å². The number of nitrogens with one attached hydrogen (secondary N) is 1. The van der Waals surface area contributed by atoms with Crippen LogP contribution in [-0.2, 0) is 6.54 Å². The normalized spacial score (nSPS) is 10.9. The first-order chi connectivity index (χ1) is 7.66. The summed E-state index contributed by atoms with van der Waals surface area (Å²) in [6.45, 7) is 5.31. The molecule has 0 fully saturated rings. The van der Waals surface area contributed by atoms with Gasteiger partial charge >= 0.3 is 0 Å². The molecule has 0 saturated heterocycles. The first kappa shape index (κ1) is 11.1. The summed E-state index contributed by atoms with van der Waals surface area (Å²) in [6, 6.07) is 12.3. The van der Waals surface area contributed by atoms with Gasteiger partial charge in [0.1, 0.15) is 4.64 Å². The summed E-state index contributed by atoms with van der Waals surface area (Å²) >= 11 is 5.32. The van der Waals surface area contributed by atoms with Gasteiger partial charge in [0, 0.05) is 6.54 Å². The number of aromatic nitrogens is 2. The zero-order valence-electron chi connectivity index (χ0n) is 9.60. The van der Waals surface area contributed by atoms with Crippen LogP contribution in [0.1, 0.15) is 13.8 Å². The molecular weight excluding hydrogens is 216 g/mol. The number of hydrogen-bond acceptors (Lipinski definition) is 1. The molecule has 0 aliphatic heterocycles. The van der Waals surface area contributed by atoms with Gasteiger partial charge in [-0.05, 0) is 17.5 Å². The van der Waals surface area contributed by atoms with Crippen LogP contribution in [0.2, 0.25) is 0 Å². The van der Waals surface area contributed by atoms with E-state index < -0.39 is 0 Å². The summed E-state index contributed by atoms with van der Waals surface area (Å²) in [5.74, 6) is 0.592. The highest BCUT2D eigenvalue weighted by Gasteiger charge is 2.03. The van der Waals surface area contributed by atoms with Gasteiger partial charge in [0.15, 0.2) is 0 Å². The third kappa shape index (κ3) is 2.42. The van der Waals surface area contributed by atoms with Crippen LogP contribution in [0.5, 0.6) is 0 Å². The van der Waals surface area contributed by atoms with Crippen molar-refractivity contribution in [3.63, 3.8) is 0 Å². The highest BCUT2D eigenvalue weighted by Crippen LogP contribution is 2.17. The van der Waals surface area contributed by atoms with Crippen molar-refractivity contribution in [2.45, 2.75) is 20.4 Å². The Kier molecular flexibility index (Phi) is 3.25. The number of H-pyrrole nitrogens is 1. The third-order valence-corrected chi connectivity index (χ3v) is 2.76. The van der Waals surface area contributed by atoms with Crippen molar-refractivity contribution in [1.29, 1.82) is 0 Å². The lowest BCUT2D eigenvalue weighted by molar-refractivity contribution is 0.480. The zero-order valence-corrected chi connectivity index (χ0v) is 10.4. The molecule has 0 spiro atoms. The lowest BCUT2D eigenvalue weighted by Gasteiger charge is -2.05. The van der Waals surface area contributed by atoms with Crippen LogP contribution in [0.4, 0.5) is 0 Å². The Labute approximate surface area is 101 Å². The van der Waals surface area contributed by atoms with Gasteiger partial charge < -0.3 is 0 Å². The summed E-state index contributed by atoms with van der Waals surface area (Å²) in [6.07, 6.45) is 0. The first-order valence-corrected chi connectivity index (χ1v) is 5.93.